The molecule has 1 heterocycles. The lowest BCUT2D eigenvalue weighted by atomic mass is 9.86. The summed E-state index contributed by atoms with van der Waals surface area (Å²) in [6, 6.07) is 78.2. The smallest absolute Gasteiger partial charge is 0.160 e. The number of fused-ring (bicyclic) bond motifs is 5. The molecular weight excluding hydrogens is 701 g/mol. The molecule has 11 aromatic rings. The maximum absolute atomic E-state index is 5.36. The molecule has 0 saturated heterocycles. The van der Waals surface area contributed by atoms with Crippen LogP contribution in [0.5, 0.6) is 0 Å². The topological polar surface area (TPSA) is 25.8 Å². The first-order valence-corrected chi connectivity index (χ1v) is 19.8. The molecule has 0 amide bonds. The lowest BCUT2D eigenvalue weighted by Crippen LogP contribution is -1.98. The van der Waals surface area contributed by atoms with Crippen molar-refractivity contribution >= 4 is 43.1 Å². The maximum Gasteiger partial charge on any atom is 0.160 e. The van der Waals surface area contributed by atoms with Crippen LogP contribution in [-0.4, -0.2) is 9.97 Å². The highest BCUT2D eigenvalue weighted by atomic mass is 14.9. The summed E-state index contributed by atoms with van der Waals surface area (Å²) in [6.45, 7) is 0. The molecule has 0 N–H and O–H groups in total. The van der Waals surface area contributed by atoms with Crippen LogP contribution < -0.4 is 0 Å². The lowest BCUT2D eigenvalue weighted by Gasteiger charge is -2.18. The minimum absolute atomic E-state index is 0.692. The second-order valence-electron chi connectivity index (χ2n) is 14.9. The predicted molar refractivity (Wildman–Crippen MR) is 245 cm³/mol. The summed E-state index contributed by atoms with van der Waals surface area (Å²) in [7, 11) is 0. The lowest BCUT2D eigenvalue weighted by molar-refractivity contribution is 1.19. The number of hydrogen-bond acceptors (Lipinski definition) is 2. The Morgan fingerprint density at radius 2 is 0.776 bits per heavy atom. The zero-order chi connectivity index (χ0) is 38.4. The standard InChI is InChI=1S/C56H36N2/c1-4-16-37(17-5-1)41-29-30-44(38-18-6-2-7-19-38)52(34-41)54-36-53(57-56(58-54)40-21-8-3-9-22-40)48-32-33-49(47-27-15-14-26-46(47)48)55-45-25-13-11-23-42(45)35-51-43-24-12-10-20-39(43)28-31-50(51)55/h1-36H. The molecule has 0 spiro atoms. The van der Waals surface area contributed by atoms with Gasteiger partial charge in [0, 0.05) is 16.7 Å². The summed E-state index contributed by atoms with van der Waals surface area (Å²) in [4.78, 5) is 10.7. The van der Waals surface area contributed by atoms with Gasteiger partial charge in [-0.15, -0.1) is 0 Å². The number of hydrogen-bond donors (Lipinski definition) is 0. The quantitative estimate of drug-likeness (QED) is 0.125. The van der Waals surface area contributed by atoms with E-state index in [2.05, 4.69) is 212 Å². The molecule has 0 radical (unpaired) electrons. The Balaban J connectivity index is 1.17. The molecule has 11 rings (SSSR count). The first kappa shape index (κ1) is 33.6. The summed E-state index contributed by atoms with van der Waals surface area (Å²) in [5, 5.41) is 9.82. The average Bonchev–Trinajstić information content (AvgIpc) is 3.31. The van der Waals surface area contributed by atoms with E-state index in [1.807, 2.05) is 6.07 Å². The van der Waals surface area contributed by atoms with Crippen LogP contribution in [0.15, 0.2) is 218 Å². The SMILES string of the molecule is c1ccc(-c2ccc(-c3ccccc3)c(-c3cc(-c4ccc(-c5c6ccccc6cc6c5ccc5ccccc56)c5ccccc45)nc(-c4ccccc4)n3)c2)cc1. The Bertz CT molecular complexity index is 3320. The van der Waals surface area contributed by atoms with E-state index in [1.165, 1.54) is 48.8 Å². The van der Waals surface area contributed by atoms with E-state index in [0.717, 1.165) is 55.7 Å². The number of aromatic nitrogens is 2. The molecule has 0 atom stereocenters. The molecule has 1 aromatic heterocycles. The van der Waals surface area contributed by atoms with Crippen LogP contribution in [0.2, 0.25) is 0 Å². The second kappa shape index (κ2) is 14.1. The van der Waals surface area contributed by atoms with Gasteiger partial charge in [0.1, 0.15) is 0 Å². The van der Waals surface area contributed by atoms with Crippen LogP contribution in [0, 0.1) is 0 Å². The molecule has 58 heavy (non-hydrogen) atoms. The minimum atomic E-state index is 0.692. The summed E-state index contributed by atoms with van der Waals surface area (Å²) in [6.07, 6.45) is 0. The van der Waals surface area contributed by atoms with E-state index in [4.69, 9.17) is 9.97 Å². The molecule has 0 aliphatic rings. The van der Waals surface area contributed by atoms with Gasteiger partial charge in [0.2, 0.25) is 0 Å². The fraction of sp³-hybridized carbons (Fsp3) is 0. The Hall–Kier alpha value is -7.68. The van der Waals surface area contributed by atoms with E-state index < -0.39 is 0 Å². The Morgan fingerprint density at radius 3 is 1.50 bits per heavy atom. The van der Waals surface area contributed by atoms with Gasteiger partial charge >= 0.3 is 0 Å². The van der Waals surface area contributed by atoms with Gasteiger partial charge in [-0.1, -0.05) is 200 Å². The van der Waals surface area contributed by atoms with Gasteiger partial charge in [-0.05, 0) is 94.7 Å². The van der Waals surface area contributed by atoms with Crippen LogP contribution in [0.25, 0.3) is 110 Å². The largest absolute Gasteiger partial charge is 0.228 e. The van der Waals surface area contributed by atoms with E-state index >= 15 is 0 Å². The summed E-state index contributed by atoms with van der Waals surface area (Å²) < 4.78 is 0. The zero-order valence-corrected chi connectivity index (χ0v) is 31.7. The molecule has 0 aliphatic heterocycles. The third-order valence-electron chi connectivity index (χ3n) is 11.5. The van der Waals surface area contributed by atoms with Crippen molar-refractivity contribution in [2.24, 2.45) is 0 Å². The third kappa shape index (κ3) is 5.82. The zero-order valence-electron chi connectivity index (χ0n) is 31.7. The van der Waals surface area contributed by atoms with Crippen LogP contribution in [0.4, 0.5) is 0 Å². The Labute approximate surface area is 337 Å². The van der Waals surface area contributed by atoms with Crippen LogP contribution in [-0.2, 0) is 0 Å². The molecule has 10 aromatic carbocycles. The summed E-state index contributed by atoms with van der Waals surface area (Å²) >= 11 is 0. The van der Waals surface area contributed by atoms with E-state index in [0.29, 0.717) is 5.82 Å². The van der Waals surface area contributed by atoms with Crippen molar-refractivity contribution in [1.82, 2.24) is 9.97 Å². The van der Waals surface area contributed by atoms with Gasteiger partial charge in [0.05, 0.1) is 11.4 Å². The van der Waals surface area contributed by atoms with Crippen molar-refractivity contribution in [2.75, 3.05) is 0 Å². The molecule has 0 aliphatic carbocycles. The third-order valence-corrected chi connectivity index (χ3v) is 11.5. The Kier molecular flexibility index (Phi) is 8.19. The molecule has 270 valence electrons. The molecule has 0 unspecified atom stereocenters. The molecule has 2 nitrogen and oxygen atoms in total. The van der Waals surface area contributed by atoms with Crippen molar-refractivity contribution in [3.05, 3.63) is 218 Å². The summed E-state index contributed by atoms with van der Waals surface area (Å²) in [5.74, 6) is 0.692. The van der Waals surface area contributed by atoms with Gasteiger partial charge in [-0.2, -0.15) is 0 Å². The van der Waals surface area contributed by atoms with Crippen LogP contribution >= 0.6 is 0 Å². The molecule has 0 fully saturated rings. The highest BCUT2D eigenvalue weighted by Gasteiger charge is 2.20. The van der Waals surface area contributed by atoms with Crippen molar-refractivity contribution < 1.29 is 0 Å². The fourth-order valence-corrected chi connectivity index (χ4v) is 8.73. The number of nitrogens with zero attached hydrogens (tertiary/aromatic N) is 2. The molecule has 2 heteroatoms. The average molecular weight is 737 g/mol. The van der Waals surface area contributed by atoms with Gasteiger partial charge in [-0.3, -0.25) is 0 Å². The normalized spacial score (nSPS) is 11.4. The van der Waals surface area contributed by atoms with Crippen LogP contribution in [0.1, 0.15) is 0 Å². The summed E-state index contributed by atoms with van der Waals surface area (Å²) in [5.41, 5.74) is 11.9. The Morgan fingerprint density at radius 1 is 0.241 bits per heavy atom. The van der Waals surface area contributed by atoms with E-state index in [1.54, 1.807) is 0 Å². The molecule has 0 saturated carbocycles. The number of rotatable bonds is 6. The van der Waals surface area contributed by atoms with Gasteiger partial charge in [0.15, 0.2) is 5.82 Å². The van der Waals surface area contributed by atoms with Gasteiger partial charge in [0.25, 0.3) is 0 Å². The van der Waals surface area contributed by atoms with Gasteiger partial charge < -0.3 is 0 Å². The van der Waals surface area contributed by atoms with Crippen molar-refractivity contribution in [3.8, 4) is 67.3 Å². The monoisotopic (exact) mass is 736 g/mol. The first-order chi connectivity index (χ1) is 28.8. The van der Waals surface area contributed by atoms with E-state index in [9.17, 15) is 0 Å². The second-order valence-corrected chi connectivity index (χ2v) is 14.9. The van der Waals surface area contributed by atoms with E-state index in [-0.39, 0.29) is 0 Å². The van der Waals surface area contributed by atoms with Gasteiger partial charge in [-0.25, -0.2) is 9.97 Å². The predicted octanol–water partition coefficient (Wildman–Crippen LogP) is 15.1. The first-order valence-electron chi connectivity index (χ1n) is 19.8. The molecule has 0 bridgehead atoms. The maximum atomic E-state index is 5.36. The number of benzene rings is 10. The van der Waals surface area contributed by atoms with Crippen molar-refractivity contribution in [1.29, 1.82) is 0 Å². The van der Waals surface area contributed by atoms with Crippen molar-refractivity contribution in [2.45, 2.75) is 0 Å². The fourth-order valence-electron chi connectivity index (χ4n) is 8.73. The van der Waals surface area contributed by atoms with Crippen LogP contribution in [0.3, 0.4) is 0 Å². The highest BCUT2D eigenvalue weighted by Crippen LogP contribution is 2.44. The van der Waals surface area contributed by atoms with Crippen molar-refractivity contribution in [3.63, 3.8) is 0 Å². The molecular formula is C56H36N2. The highest BCUT2D eigenvalue weighted by molar-refractivity contribution is 6.23. The minimum Gasteiger partial charge on any atom is -0.228 e.